The summed E-state index contributed by atoms with van der Waals surface area (Å²) >= 11 is 0. The van der Waals surface area contributed by atoms with Crippen LogP contribution in [0.5, 0.6) is 5.75 Å². The first-order valence-electron chi connectivity index (χ1n) is 5.17. The molecule has 0 aromatic heterocycles. The molecule has 1 aromatic rings. The largest absolute Gasteiger partial charge is 0.492 e. The molecule has 1 nitrogen and oxygen atoms in total. The number of aryl methyl sites for hydroxylation is 1. The maximum absolute atomic E-state index is 5.63. The van der Waals surface area contributed by atoms with E-state index in [4.69, 9.17) is 4.74 Å². The monoisotopic (exact) mass is 188 g/mol. The zero-order valence-corrected chi connectivity index (χ0v) is 8.89. The summed E-state index contributed by atoms with van der Waals surface area (Å²) in [5.41, 5.74) is 5.02. The number of ether oxygens (including phenoxy) is 1. The summed E-state index contributed by atoms with van der Waals surface area (Å²) in [6, 6.07) is 4.46. The minimum Gasteiger partial charge on any atom is -0.492 e. The van der Waals surface area contributed by atoms with E-state index < -0.39 is 0 Å². The van der Waals surface area contributed by atoms with Crippen LogP contribution in [0.3, 0.4) is 0 Å². The number of hydrogen-bond donors (Lipinski definition) is 0. The predicted molar refractivity (Wildman–Crippen MR) is 59.7 cm³/mol. The van der Waals surface area contributed by atoms with Crippen molar-refractivity contribution in [1.82, 2.24) is 0 Å². The SMILES string of the molecule is C=C(C)c1cc(CC)cc2c1OCC2. The summed E-state index contributed by atoms with van der Waals surface area (Å²) in [6.07, 6.45) is 2.12. The van der Waals surface area contributed by atoms with Crippen LogP contribution in [0.1, 0.15) is 30.5 Å². The first kappa shape index (κ1) is 9.32. The average Bonchev–Trinajstić information content (AvgIpc) is 2.63. The van der Waals surface area contributed by atoms with E-state index in [0.29, 0.717) is 0 Å². The van der Waals surface area contributed by atoms with Gasteiger partial charge in [-0.25, -0.2) is 0 Å². The molecule has 0 bridgehead atoms. The summed E-state index contributed by atoms with van der Waals surface area (Å²) in [4.78, 5) is 0. The lowest BCUT2D eigenvalue weighted by Gasteiger charge is -2.09. The zero-order valence-electron chi connectivity index (χ0n) is 8.89. The molecule has 1 heteroatoms. The molecule has 0 unspecified atom stereocenters. The molecule has 0 spiro atoms. The Hall–Kier alpha value is -1.24. The van der Waals surface area contributed by atoms with Crippen molar-refractivity contribution in [1.29, 1.82) is 0 Å². The second kappa shape index (κ2) is 3.49. The summed E-state index contributed by atoms with van der Waals surface area (Å²) in [5.74, 6) is 1.06. The third-order valence-corrected chi connectivity index (χ3v) is 2.71. The minimum atomic E-state index is 0.822. The fraction of sp³-hybridized carbons (Fsp3) is 0.385. The van der Waals surface area contributed by atoms with Gasteiger partial charge in [-0.2, -0.15) is 0 Å². The molecule has 2 rings (SSSR count). The van der Waals surface area contributed by atoms with Crippen molar-refractivity contribution in [2.75, 3.05) is 6.61 Å². The molecule has 74 valence electrons. The zero-order chi connectivity index (χ0) is 10.1. The van der Waals surface area contributed by atoms with Gasteiger partial charge in [-0.1, -0.05) is 19.6 Å². The van der Waals surface area contributed by atoms with Crippen LogP contribution in [0.2, 0.25) is 0 Å². The van der Waals surface area contributed by atoms with E-state index in [1.807, 2.05) is 6.92 Å². The minimum absolute atomic E-state index is 0.822. The van der Waals surface area contributed by atoms with Crippen LogP contribution in [0, 0.1) is 0 Å². The van der Waals surface area contributed by atoms with Crippen molar-refractivity contribution < 1.29 is 4.74 Å². The quantitative estimate of drug-likeness (QED) is 0.692. The first-order chi connectivity index (χ1) is 6.72. The highest BCUT2D eigenvalue weighted by Crippen LogP contribution is 2.34. The van der Waals surface area contributed by atoms with Crippen molar-refractivity contribution in [3.63, 3.8) is 0 Å². The van der Waals surface area contributed by atoms with E-state index in [1.165, 1.54) is 16.7 Å². The number of allylic oxidation sites excluding steroid dienone is 1. The molecular formula is C13H16O. The predicted octanol–water partition coefficient (Wildman–Crippen LogP) is 3.22. The molecule has 14 heavy (non-hydrogen) atoms. The first-order valence-corrected chi connectivity index (χ1v) is 5.17. The number of rotatable bonds is 2. The molecule has 1 aliphatic rings. The Morgan fingerprint density at radius 1 is 1.50 bits per heavy atom. The van der Waals surface area contributed by atoms with Gasteiger partial charge in [0, 0.05) is 12.0 Å². The van der Waals surface area contributed by atoms with E-state index in [0.717, 1.165) is 30.8 Å². The third kappa shape index (κ3) is 1.43. The third-order valence-electron chi connectivity index (χ3n) is 2.71. The molecule has 0 atom stereocenters. The highest BCUT2D eigenvalue weighted by Gasteiger charge is 2.17. The number of benzene rings is 1. The molecule has 1 aromatic carbocycles. The maximum atomic E-state index is 5.63. The van der Waals surface area contributed by atoms with Crippen LogP contribution in [-0.2, 0) is 12.8 Å². The lowest BCUT2D eigenvalue weighted by atomic mass is 9.98. The van der Waals surface area contributed by atoms with Gasteiger partial charge in [-0.15, -0.1) is 0 Å². The fourth-order valence-electron chi connectivity index (χ4n) is 1.90. The van der Waals surface area contributed by atoms with Crippen LogP contribution in [0.4, 0.5) is 0 Å². The Kier molecular flexibility index (Phi) is 2.32. The second-order valence-electron chi connectivity index (χ2n) is 3.86. The van der Waals surface area contributed by atoms with Crippen LogP contribution >= 0.6 is 0 Å². The fourth-order valence-corrected chi connectivity index (χ4v) is 1.90. The highest BCUT2D eigenvalue weighted by atomic mass is 16.5. The van der Waals surface area contributed by atoms with Gasteiger partial charge in [0.25, 0.3) is 0 Å². The molecule has 0 aliphatic carbocycles. The van der Waals surface area contributed by atoms with Gasteiger partial charge in [0.1, 0.15) is 5.75 Å². The van der Waals surface area contributed by atoms with Crippen LogP contribution < -0.4 is 4.74 Å². The standard InChI is InChI=1S/C13H16O/c1-4-10-7-11-5-6-14-13(11)12(8-10)9(2)3/h7-8H,2,4-6H2,1,3H3. The Bertz CT molecular complexity index is 377. The van der Waals surface area contributed by atoms with Crippen LogP contribution in [0.25, 0.3) is 5.57 Å². The summed E-state index contributed by atoms with van der Waals surface area (Å²) in [5, 5.41) is 0. The van der Waals surface area contributed by atoms with Gasteiger partial charge in [0.2, 0.25) is 0 Å². The molecular weight excluding hydrogens is 172 g/mol. The molecule has 0 fully saturated rings. The average molecular weight is 188 g/mol. The molecule has 1 aliphatic heterocycles. The van der Waals surface area contributed by atoms with Crippen molar-refractivity contribution in [3.8, 4) is 5.75 Å². The lowest BCUT2D eigenvalue weighted by molar-refractivity contribution is 0.356. The van der Waals surface area contributed by atoms with Crippen molar-refractivity contribution in [2.45, 2.75) is 26.7 Å². The second-order valence-corrected chi connectivity index (χ2v) is 3.86. The highest BCUT2D eigenvalue weighted by molar-refractivity contribution is 5.70. The molecule has 0 N–H and O–H groups in total. The summed E-state index contributed by atoms with van der Waals surface area (Å²) in [7, 11) is 0. The van der Waals surface area contributed by atoms with Gasteiger partial charge in [0.15, 0.2) is 0 Å². The van der Waals surface area contributed by atoms with E-state index in [9.17, 15) is 0 Å². The van der Waals surface area contributed by atoms with Crippen molar-refractivity contribution >= 4 is 5.57 Å². The van der Waals surface area contributed by atoms with Crippen LogP contribution in [0.15, 0.2) is 18.7 Å². The Morgan fingerprint density at radius 3 is 2.93 bits per heavy atom. The van der Waals surface area contributed by atoms with Gasteiger partial charge in [0.05, 0.1) is 6.61 Å². The summed E-state index contributed by atoms with van der Waals surface area (Å²) < 4.78 is 5.63. The number of hydrogen-bond acceptors (Lipinski definition) is 1. The summed E-state index contributed by atoms with van der Waals surface area (Å²) in [6.45, 7) is 9.04. The van der Waals surface area contributed by atoms with Crippen molar-refractivity contribution in [2.24, 2.45) is 0 Å². The maximum Gasteiger partial charge on any atom is 0.130 e. The molecule has 0 amide bonds. The van der Waals surface area contributed by atoms with E-state index in [2.05, 4.69) is 25.6 Å². The number of fused-ring (bicyclic) bond motifs is 1. The molecule has 1 heterocycles. The Morgan fingerprint density at radius 2 is 2.29 bits per heavy atom. The molecule has 0 saturated heterocycles. The van der Waals surface area contributed by atoms with Crippen LogP contribution in [-0.4, -0.2) is 6.61 Å². The van der Waals surface area contributed by atoms with Gasteiger partial charge < -0.3 is 4.74 Å². The molecule has 0 radical (unpaired) electrons. The van der Waals surface area contributed by atoms with E-state index in [1.54, 1.807) is 0 Å². The molecule has 0 saturated carbocycles. The Labute approximate surface area is 85.4 Å². The topological polar surface area (TPSA) is 9.23 Å². The van der Waals surface area contributed by atoms with Gasteiger partial charge >= 0.3 is 0 Å². The lowest BCUT2D eigenvalue weighted by Crippen LogP contribution is -1.91. The van der Waals surface area contributed by atoms with Crippen molar-refractivity contribution in [3.05, 3.63) is 35.4 Å². The normalized spacial score (nSPS) is 13.6. The van der Waals surface area contributed by atoms with E-state index >= 15 is 0 Å². The smallest absolute Gasteiger partial charge is 0.130 e. The van der Waals surface area contributed by atoms with E-state index in [-0.39, 0.29) is 0 Å². The van der Waals surface area contributed by atoms with Gasteiger partial charge in [-0.05, 0) is 36.1 Å². The Balaban J connectivity index is 2.57. The van der Waals surface area contributed by atoms with Gasteiger partial charge in [-0.3, -0.25) is 0 Å².